The zero-order chi connectivity index (χ0) is 38.2. The Labute approximate surface area is 309 Å². The molecule has 282 valence electrons. The predicted molar refractivity (Wildman–Crippen MR) is 208 cm³/mol. The topological polar surface area (TPSA) is 137 Å². The van der Waals surface area contributed by atoms with E-state index in [1.807, 2.05) is 108 Å². The molecule has 3 aromatic carbocycles. The fourth-order valence-electron chi connectivity index (χ4n) is 6.00. The Morgan fingerprint density at radius 3 is 2.17 bits per heavy atom. The van der Waals surface area contributed by atoms with Crippen LogP contribution in [0.15, 0.2) is 84.4 Å². The van der Waals surface area contributed by atoms with Gasteiger partial charge in [-0.1, -0.05) is 121 Å². The first-order chi connectivity index (χ1) is 24.9. The Morgan fingerprint density at radius 1 is 0.846 bits per heavy atom. The summed E-state index contributed by atoms with van der Waals surface area (Å²) in [7, 11) is 0. The second-order valence-electron chi connectivity index (χ2n) is 14.2. The van der Waals surface area contributed by atoms with Crippen LogP contribution in [-0.4, -0.2) is 59.7 Å². The molecule has 0 bridgehead atoms. The molecule has 0 fully saturated rings. The lowest BCUT2D eigenvalue weighted by Gasteiger charge is -2.35. The molecule has 0 saturated heterocycles. The van der Waals surface area contributed by atoms with E-state index in [1.54, 1.807) is 13.0 Å². The third-order valence-corrected chi connectivity index (χ3v) is 8.81. The number of anilines is 1. The van der Waals surface area contributed by atoms with Crippen molar-refractivity contribution < 1.29 is 29.0 Å². The molecule has 0 aromatic heterocycles. The summed E-state index contributed by atoms with van der Waals surface area (Å²) < 4.78 is 5.42. The number of hydrogen-bond acceptors (Lipinski definition) is 6. The number of rotatable bonds is 19. The SMILES string of the molecule is CCCC[C@@H](C(=O)N[C@@H](CC(C)C)[C@@H](O)C=C(CC)C(=O)NCC(C)C)N(C(=O)[C@H](C)NC(=O)OCc1ccccc1)c1cccc2ccccc12. The van der Waals surface area contributed by atoms with Crippen molar-refractivity contribution in [2.24, 2.45) is 11.8 Å². The third-order valence-electron chi connectivity index (χ3n) is 8.81. The van der Waals surface area contributed by atoms with Crippen molar-refractivity contribution in [2.75, 3.05) is 11.4 Å². The van der Waals surface area contributed by atoms with E-state index in [0.717, 1.165) is 22.8 Å². The Morgan fingerprint density at radius 2 is 1.52 bits per heavy atom. The van der Waals surface area contributed by atoms with Crippen molar-refractivity contribution in [3.05, 3.63) is 90.0 Å². The molecule has 4 amide bonds. The van der Waals surface area contributed by atoms with Gasteiger partial charge in [-0.25, -0.2) is 4.79 Å². The van der Waals surface area contributed by atoms with Crippen molar-refractivity contribution >= 4 is 40.3 Å². The molecule has 0 unspecified atom stereocenters. The van der Waals surface area contributed by atoms with Gasteiger partial charge in [0.05, 0.1) is 17.8 Å². The molecule has 52 heavy (non-hydrogen) atoms. The summed E-state index contributed by atoms with van der Waals surface area (Å²) in [6.45, 7) is 14.0. The number of nitrogens with one attached hydrogen (secondary N) is 3. The number of alkyl carbamates (subject to hydrolysis) is 1. The van der Waals surface area contributed by atoms with Crippen LogP contribution in [0.5, 0.6) is 0 Å². The number of benzene rings is 3. The van der Waals surface area contributed by atoms with Gasteiger partial charge in [0, 0.05) is 17.5 Å². The van der Waals surface area contributed by atoms with E-state index in [9.17, 15) is 24.3 Å². The van der Waals surface area contributed by atoms with Gasteiger partial charge in [0.1, 0.15) is 18.7 Å². The molecule has 0 aliphatic carbocycles. The van der Waals surface area contributed by atoms with Crippen molar-refractivity contribution in [1.29, 1.82) is 0 Å². The maximum atomic E-state index is 14.5. The van der Waals surface area contributed by atoms with Gasteiger partial charge < -0.3 is 25.8 Å². The van der Waals surface area contributed by atoms with Crippen LogP contribution >= 0.6 is 0 Å². The van der Waals surface area contributed by atoms with Gasteiger partial charge in [0.15, 0.2) is 0 Å². The van der Waals surface area contributed by atoms with Gasteiger partial charge in [-0.3, -0.25) is 19.3 Å². The summed E-state index contributed by atoms with van der Waals surface area (Å²) in [5.74, 6) is -0.800. The molecule has 0 radical (unpaired) electrons. The zero-order valence-corrected chi connectivity index (χ0v) is 31.9. The summed E-state index contributed by atoms with van der Waals surface area (Å²) in [6, 6.07) is 19.7. The fourth-order valence-corrected chi connectivity index (χ4v) is 6.00. The van der Waals surface area contributed by atoms with Crippen LogP contribution in [0.25, 0.3) is 10.8 Å². The lowest BCUT2D eigenvalue weighted by Crippen LogP contribution is -2.58. The average Bonchev–Trinajstić information content (AvgIpc) is 3.13. The largest absolute Gasteiger partial charge is 0.445 e. The van der Waals surface area contributed by atoms with Gasteiger partial charge in [-0.15, -0.1) is 0 Å². The van der Waals surface area contributed by atoms with Gasteiger partial charge in [-0.2, -0.15) is 0 Å². The smallest absolute Gasteiger partial charge is 0.408 e. The van der Waals surface area contributed by atoms with Gasteiger partial charge in [0.25, 0.3) is 0 Å². The molecule has 0 aliphatic rings. The summed E-state index contributed by atoms with van der Waals surface area (Å²) in [5, 5.41) is 21.8. The second-order valence-corrected chi connectivity index (χ2v) is 14.2. The number of ether oxygens (including phenoxy) is 1. The second kappa shape index (κ2) is 21.0. The van der Waals surface area contributed by atoms with Crippen molar-refractivity contribution in [3.8, 4) is 0 Å². The lowest BCUT2D eigenvalue weighted by molar-refractivity contribution is -0.128. The lowest BCUT2D eigenvalue weighted by atomic mass is 9.95. The number of unbranched alkanes of at least 4 members (excludes halogenated alkanes) is 1. The Hall–Kier alpha value is -4.70. The molecule has 4 atom stereocenters. The van der Waals surface area contributed by atoms with E-state index in [1.165, 1.54) is 11.0 Å². The van der Waals surface area contributed by atoms with Crippen LogP contribution in [0.2, 0.25) is 0 Å². The first-order valence-electron chi connectivity index (χ1n) is 18.6. The number of hydrogen-bond donors (Lipinski definition) is 4. The van der Waals surface area contributed by atoms with Crippen LogP contribution in [0.4, 0.5) is 10.5 Å². The number of nitrogens with zero attached hydrogens (tertiary/aromatic N) is 1. The molecule has 3 aromatic rings. The number of aliphatic hydroxyl groups excluding tert-OH is 1. The minimum absolute atomic E-state index is 0.0370. The normalized spacial score (nSPS) is 14.0. The predicted octanol–water partition coefficient (Wildman–Crippen LogP) is 7.05. The van der Waals surface area contributed by atoms with Crippen molar-refractivity contribution in [1.82, 2.24) is 16.0 Å². The first kappa shape index (κ1) is 41.7. The summed E-state index contributed by atoms with van der Waals surface area (Å²) in [5.41, 5.74) is 1.77. The number of amides is 4. The maximum absolute atomic E-state index is 14.5. The van der Waals surface area contributed by atoms with Crippen LogP contribution in [0, 0.1) is 11.8 Å². The van der Waals surface area contributed by atoms with E-state index in [4.69, 9.17) is 4.74 Å². The van der Waals surface area contributed by atoms with E-state index < -0.39 is 42.1 Å². The molecule has 0 aliphatic heterocycles. The molecule has 0 saturated carbocycles. The minimum Gasteiger partial charge on any atom is -0.445 e. The fraction of sp³-hybridized carbons (Fsp3) is 0.476. The highest BCUT2D eigenvalue weighted by molar-refractivity contribution is 6.09. The summed E-state index contributed by atoms with van der Waals surface area (Å²) in [4.78, 5) is 56.4. The number of carbonyl (C=O) groups excluding carboxylic acids is 4. The summed E-state index contributed by atoms with van der Waals surface area (Å²) >= 11 is 0. The summed E-state index contributed by atoms with van der Waals surface area (Å²) in [6.07, 6.45) is 2.21. The number of fused-ring (bicyclic) bond motifs is 1. The molecule has 3 rings (SSSR count). The highest BCUT2D eigenvalue weighted by atomic mass is 16.5. The Bertz CT molecular complexity index is 1630. The molecule has 4 N–H and O–H groups in total. The number of aliphatic hydroxyl groups is 1. The first-order valence-corrected chi connectivity index (χ1v) is 18.6. The highest BCUT2D eigenvalue weighted by Gasteiger charge is 2.36. The van der Waals surface area contributed by atoms with Crippen molar-refractivity contribution in [2.45, 2.75) is 111 Å². The molecule has 10 nitrogen and oxygen atoms in total. The molecule has 10 heteroatoms. The quantitative estimate of drug-likeness (QED) is 0.0984. The molecule has 0 heterocycles. The van der Waals surface area contributed by atoms with E-state index in [2.05, 4.69) is 16.0 Å². The van der Waals surface area contributed by atoms with E-state index in [0.29, 0.717) is 43.5 Å². The molecule has 0 spiro atoms. The Balaban J connectivity index is 1.99. The standard InChI is InChI=1S/C42H58N4O6/c1-8-10-22-37(40(49)45-35(24-28(3)4)38(47)25-32(9-2)39(48)43-26-29(5)6)46(36-23-16-20-33-19-14-15-21-34(33)36)41(50)30(7)44-42(51)52-27-31-17-12-11-13-18-31/h11-21,23,25,28-30,35,37-38,47H,8-10,22,24,26-27H2,1-7H3,(H,43,48)(H,44,51)(H,45,49)/t30-,35-,37-,38-/m0/s1. The number of carbonyl (C=O) groups is 4. The maximum Gasteiger partial charge on any atom is 0.408 e. The molecular weight excluding hydrogens is 656 g/mol. The van der Waals surface area contributed by atoms with E-state index >= 15 is 0 Å². The van der Waals surface area contributed by atoms with Crippen LogP contribution in [0.1, 0.15) is 86.1 Å². The van der Waals surface area contributed by atoms with E-state index in [-0.39, 0.29) is 24.3 Å². The van der Waals surface area contributed by atoms with Crippen LogP contribution in [-0.2, 0) is 25.7 Å². The van der Waals surface area contributed by atoms with Crippen molar-refractivity contribution in [3.63, 3.8) is 0 Å². The van der Waals surface area contributed by atoms with Gasteiger partial charge >= 0.3 is 6.09 Å². The molecular formula is C42H58N4O6. The third kappa shape index (κ3) is 12.5. The van der Waals surface area contributed by atoms with Crippen LogP contribution < -0.4 is 20.9 Å². The minimum atomic E-state index is -1.15. The van der Waals surface area contributed by atoms with Gasteiger partial charge in [-0.05, 0) is 61.1 Å². The van der Waals surface area contributed by atoms with Crippen LogP contribution in [0.3, 0.4) is 0 Å². The Kier molecular flexibility index (Phi) is 16.8. The van der Waals surface area contributed by atoms with Gasteiger partial charge in [0.2, 0.25) is 17.7 Å². The monoisotopic (exact) mass is 714 g/mol. The highest BCUT2D eigenvalue weighted by Crippen LogP contribution is 2.31. The zero-order valence-electron chi connectivity index (χ0n) is 31.9. The average molecular weight is 715 g/mol.